The molecule has 92 valence electrons. The predicted molar refractivity (Wildman–Crippen MR) is 68.5 cm³/mol. The zero-order chi connectivity index (χ0) is 13.0. The standard InChI is InChI=1S/C14H11ClO3/c15-11-6-8-12(9-7-11)18-14(17)13(16)10-4-2-1-3-5-10/h1-9,13,16H. The Balaban J connectivity index is 2.06. The lowest BCUT2D eigenvalue weighted by atomic mass is 10.1. The molecule has 1 atom stereocenters. The molecule has 0 radical (unpaired) electrons. The van der Waals surface area contributed by atoms with Crippen LogP contribution in [0.1, 0.15) is 11.7 Å². The SMILES string of the molecule is O=C(Oc1ccc(Cl)cc1)C(O)c1ccccc1. The molecule has 0 aliphatic rings. The number of aliphatic hydroxyl groups is 1. The fraction of sp³-hybridized carbons (Fsp3) is 0.0714. The number of hydrogen-bond acceptors (Lipinski definition) is 3. The number of halogens is 1. The summed E-state index contributed by atoms with van der Waals surface area (Å²) in [6.45, 7) is 0. The Morgan fingerprint density at radius 3 is 2.28 bits per heavy atom. The van der Waals surface area contributed by atoms with Crippen molar-refractivity contribution in [1.29, 1.82) is 0 Å². The van der Waals surface area contributed by atoms with E-state index in [1.165, 1.54) is 0 Å². The summed E-state index contributed by atoms with van der Waals surface area (Å²) in [5.74, 6) is -0.372. The molecule has 0 saturated heterocycles. The Hall–Kier alpha value is -1.84. The first-order valence-electron chi connectivity index (χ1n) is 5.37. The molecular formula is C14H11ClO3. The third kappa shape index (κ3) is 3.09. The topological polar surface area (TPSA) is 46.5 Å². The summed E-state index contributed by atoms with van der Waals surface area (Å²) >= 11 is 5.72. The number of carbonyl (C=O) groups excluding carboxylic acids is 1. The number of ether oxygens (including phenoxy) is 1. The molecule has 2 rings (SSSR count). The number of benzene rings is 2. The third-order valence-electron chi connectivity index (χ3n) is 2.37. The highest BCUT2D eigenvalue weighted by atomic mass is 35.5. The van der Waals surface area contributed by atoms with Crippen LogP contribution in [0.25, 0.3) is 0 Å². The molecule has 0 spiro atoms. The summed E-state index contributed by atoms with van der Waals surface area (Å²) in [4.78, 5) is 11.7. The Morgan fingerprint density at radius 2 is 1.67 bits per heavy atom. The number of aliphatic hydroxyl groups excluding tert-OH is 1. The molecule has 0 aliphatic carbocycles. The molecule has 4 heteroatoms. The minimum Gasteiger partial charge on any atom is -0.424 e. The van der Waals surface area contributed by atoms with Gasteiger partial charge >= 0.3 is 5.97 Å². The summed E-state index contributed by atoms with van der Waals surface area (Å²) in [5, 5.41) is 10.4. The Bertz CT molecular complexity index is 522. The van der Waals surface area contributed by atoms with Gasteiger partial charge < -0.3 is 9.84 Å². The molecule has 0 aliphatic heterocycles. The van der Waals surface area contributed by atoms with Crippen molar-refractivity contribution in [2.45, 2.75) is 6.10 Å². The lowest BCUT2D eigenvalue weighted by Crippen LogP contribution is -2.18. The van der Waals surface area contributed by atoms with E-state index < -0.39 is 12.1 Å². The van der Waals surface area contributed by atoms with E-state index in [4.69, 9.17) is 16.3 Å². The van der Waals surface area contributed by atoms with Gasteiger partial charge in [0, 0.05) is 5.02 Å². The Labute approximate surface area is 110 Å². The minimum absolute atomic E-state index is 0.347. The fourth-order valence-electron chi connectivity index (χ4n) is 1.45. The maximum atomic E-state index is 11.7. The average Bonchev–Trinajstić information content (AvgIpc) is 2.41. The summed E-state index contributed by atoms with van der Waals surface area (Å²) in [6.07, 6.45) is -1.29. The fourth-order valence-corrected chi connectivity index (χ4v) is 1.57. The third-order valence-corrected chi connectivity index (χ3v) is 2.62. The van der Waals surface area contributed by atoms with Crippen molar-refractivity contribution in [3.05, 3.63) is 65.2 Å². The highest BCUT2D eigenvalue weighted by Crippen LogP contribution is 2.19. The van der Waals surface area contributed by atoms with Crippen LogP contribution in [0.15, 0.2) is 54.6 Å². The Morgan fingerprint density at radius 1 is 1.06 bits per heavy atom. The molecule has 1 unspecified atom stereocenters. The number of carbonyl (C=O) groups is 1. The van der Waals surface area contributed by atoms with Crippen LogP contribution in [0.2, 0.25) is 5.02 Å². The van der Waals surface area contributed by atoms with Gasteiger partial charge in [-0.3, -0.25) is 0 Å². The second-order valence-corrected chi connectivity index (χ2v) is 4.12. The van der Waals surface area contributed by atoms with Gasteiger partial charge in [-0.1, -0.05) is 41.9 Å². The van der Waals surface area contributed by atoms with Crippen molar-refractivity contribution in [3.8, 4) is 5.75 Å². The summed E-state index contributed by atoms with van der Waals surface area (Å²) < 4.78 is 5.04. The van der Waals surface area contributed by atoms with E-state index in [1.54, 1.807) is 54.6 Å². The van der Waals surface area contributed by atoms with Gasteiger partial charge in [0.25, 0.3) is 0 Å². The van der Waals surface area contributed by atoms with Gasteiger partial charge in [0.15, 0.2) is 6.10 Å². The summed E-state index contributed by atoms with van der Waals surface area (Å²) in [5.41, 5.74) is 0.497. The number of hydrogen-bond donors (Lipinski definition) is 1. The largest absolute Gasteiger partial charge is 0.424 e. The van der Waals surface area contributed by atoms with Crippen LogP contribution >= 0.6 is 11.6 Å². The van der Waals surface area contributed by atoms with Crippen LogP contribution in [0.5, 0.6) is 5.75 Å². The van der Waals surface area contributed by atoms with Crippen LogP contribution in [0.3, 0.4) is 0 Å². The molecule has 0 aromatic heterocycles. The highest BCUT2D eigenvalue weighted by molar-refractivity contribution is 6.30. The number of esters is 1. The molecule has 1 N–H and O–H groups in total. The molecule has 0 saturated carbocycles. The van der Waals surface area contributed by atoms with Crippen LogP contribution in [-0.4, -0.2) is 11.1 Å². The van der Waals surface area contributed by atoms with Gasteiger partial charge in [0.05, 0.1) is 0 Å². The van der Waals surface area contributed by atoms with Crippen LogP contribution in [0, 0.1) is 0 Å². The lowest BCUT2D eigenvalue weighted by molar-refractivity contribution is -0.144. The summed E-state index contributed by atoms with van der Waals surface area (Å²) in [6, 6.07) is 15.0. The van der Waals surface area contributed by atoms with Gasteiger partial charge in [0.2, 0.25) is 0 Å². The lowest BCUT2D eigenvalue weighted by Gasteiger charge is -2.10. The van der Waals surface area contributed by atoms with Gasteiger partial charge in [0.1, 0.15) is 5.75 Å². The Kier molecular flexibility index (Phi) is 3.97. The van der Waals surface area contributed by atoms with Crippen LogP contribution in [-0.2, 0) is 4.79 Å². The quantitative estimate of drug-likeness (QED) is 0.683. The van der Waals surface area contributed by atoms with E-state index in [1.807, 2.05) is 0 Å². The van der Waals surface area contributed by atoms with E-state index in [2.05, 4.69) is 0 Å². The van der Waals surface area contributed by atoms with Crippen molar-refractivity contribution in [2.75, 3.05) is 0 Å². The molecule has 0 amide bonds. The second kappa shape index (κ2) is 5.67. The van der Waals surface area contributed by atoms with E-state index in [9.17, 15) is 9.90 Å². The second-order valence-electron chi connectivity index (χ2n) is 3.69. The van der Waals surface area contributed by atoms with Crippen molar-refractivity contribution in [2.24, 2.45) is 0 Å². The van der Waals surface area contributed by atoms with Crippen molar-refractivity contribution < 1.29 is 14.6 Å². The first-order chi connectivity index (χ1) is 8.66. The zero-order valence-electron chi connectivity index (χ0n) is 9.42. The van der Waals surface area contributed by atoms with Crippen LogP contribution in [0.4, 0.5) is 0 Å². The van der Waals surface area contributed by atoms with Crippen molar-refractivity contribution in [3.63, 3.8) is 0 Å². The molecule has 0 heterocycles. The van der Waals surface area contributed by atoms with E-state index >= 15 is 0 Å². The van der Waals surface area contributed by atoms with Gasteiger partial charge in [-0.05, 0) is 29.8 Å². The van der Waals surface area contributed by atoms with Crippen molar-refractivity contribution >= 4 is 17.6 Å². The average molecular weight is 263 g/mol. The van der Waals surface area contributed by atoms with E-state index in [0.29, 0.717) is 16.3 Å². The normalized spacial score (nSPS) is 11.9. The zero-order valence-corrected chi connectivity index (χ0v) is 10.2. The smallest absolute Gasteiger partial charge is 0.345 e. The first-order valence-corrected chi connectivity index (χ1v) is 5.75. The van der Waals surface area contributed by atoms with Crippen molar-refractivity contribution in [1.82, 2.24) is 0 Å². The first kappa shape index (κ1) is 12.6. The maximum Gasteiger partial charge on any atom is 0.345 e. The monoisotopic (exact) mass is 262 g/mol. The van der Waals surface area contributed by atoms with Gasteiger partial charge in [-0.25, -0.2) is 4.79 Å². The maximum absolute atomic E-state index is 11.7. The van der Waals surface area contributed by atoms with E-state index in [-0.39, 0.29) is 0 Å². The predicted octanol–water partition coefficient (Wildman–Crippen LogP) is 2.98. The van der Waals surface area contributed by atoms with Crippen LogP contribution < -0.4 is 4.74 Å². The summed E-state index contributed by atoms with van der Waals surface area (Å²) in [7, 11) is 0. The van der Waals surface area contributed by atoms with Gasteiger partial charge in [-0.2, -0.15) is 0 Å². The molecule has 2 aromatic rings. The molecular weight excluding hydrogens is 252 g/mol. The minimum atomic E-state index is -1.29. The van der Waals surface area contributed by atoms with E-state index in [0.717, 1.165) is 0 Å². The molecule has 18 heavy (non-hydrogen) atoms. The highest BCUT2D eigenvalue weighted by Gasteiger charge is 2.19. The molecule has 2 aromatic carbocycles. The van der Waals surface area contributed by atoms with Gasteiger partial charge in [-0.15, -0.1) is 0 Å². The molecule has 3 nitrogen and oxygen atoms in total. The number of rotatable bonds is 3. The molecule has 0 bridgehead atoms. The molecule has 0 fully saturated rings.